The van der Waals surface area contributed by atoms with Crippen LogP contribution in [0, 0.1) is 5.92 Å². The SMILES string of the molecule is CC[C@H]1OC(=O)C(F)(F)C1C. The van der Waals surface area contributed by atoms with E-state index >= 15 is 0 Å². The molecule has 1 unspecified atom stereocenters. The molecule has 0 aromatic rings. The summed E-state index contributed by atoms with van der Waals surface area (Å²) in [5, 5.41) is 0. The predicted molar refractivity (Wildman–Crippen MR) is 34.3 cm³/mol. The van der Waals surface area contributed by atoms with Gasteiger partial charge >= 0.3 is 11.9 Å². The van der Waals surface area contributed by atoms with Gasteiger partial charge < -0.3 is 4.74 Å². The molecule has 1 heterocycles. The Kier molecular flexibility index (Phi) is 1.86. The normalized spacial score (nSPS) is 35.5. The highest BCUT2D eigenvalue weighted by Gasteiger charge is 2.56. The van der Waals surface area contributed by atoms with E-state index in [4.69, 9.17) is 0 Å². The topological polar surface area (TPSA) is 26.3 Å². The van der Waals surface area contributed by atoms with Crippen LogP contribution in [0.2, 0.25) is 0 Å². The van der Waals surface area contributed by atoms with Crippen molar-refractivity contribution in [1.29, 1.82) is 0 Å². The number of hydrogen-bond donors (Lipinski definition) is 0. The van der Waals surface area contributed by atoms with E-state index in [-0.39, 0.29) is 0 Å². The fraction of sp³-hybridized carbons (Fsp3) is 0.857. The molecule has 2 atom stereocenters. The average molecular weight is 164 g/mol. The maximum atomic E-state index is 12.7. The van der Waals surface area contributed by atoms with E-state index in [1.54, 1.807) is 6.92 Å². The Bertz CT molecular complexity index is 179. The molecule has 64 valence electrons. The van der Waals surface area contributed by atoms with Crippen molar-refractivity contribution in [2.75, 3.05) is 0 Å². The van der Waals surface area contributed by atoms with E-state index in [1.165, 1.54) is 6.92 Å². The van der Waals surface area contributed by atoms with Crippen molar-refractivity contribution in [2.24, 2.45) is 5.92 Å². The van der Waals surface area contributed by atoms with Crippen molar-refractivity contribution in [3.05, 3.63) is 0 Å². The van der Waals surface area contributed by atoms with Gasteiger partial charge in [0.05, 0.1) is 5.92 Å². The highest BCUT2D eigenvalue weighted by atomic mass is 19.3. The van der Waals surface area contributed by atoms with Crippen LogP contribution in [0.4, 0.5) is 8.78 Å². The van der Waals surface area contributed by atoms with Gasteiger partial charge in [-0.3, -0.25) is 0 Å². The average Bonchev–Trinajstić information content (AvgIpc) is 2.14. The number of hydrogen-bond acceptors (Lipinski definition) is 2. The van der Waals surface area contributed by atoms with E-state index in [1.807, 2.05) is 0 Å². The van der Waals surface area contributed by atoms with Crippen LogP contribution in [0.3, 0.4) is 0 Å². The lowest BCUT2D eigenvalue weighted by Crippen LogP contribution is -2.30. The molecule has 4 heteroatoms. The lowest BCUT2D eigenvalue weighted by molar-refractivity contribution is -0.160. The monoisotopic (exact) mass is 164 g/mol. The number of carbonyl (C=O) groups is 1. The lowest BCUT2D eigenvalue weighted by Gasteiger charge is -2.12. The molecule has 2 nitrogen and oxygen atoms in total. The number of rotatable bonds is 1. The highest BCUT2D eigenvalue weighted by molar-refractivity contribution is 5.80. The fourth-order valence-corrected chi connectivity index (χ4v) is 1.17. The molecule has 0 radical (unpaired) electrons. The molecule has 0 N–H and O–H groups in total. The molecule has 0 saturated carbocycles. The van der Waals surface area contributed by atoms with Crippen LogP contribution in [-0.4, -0.2) is 18.0 Å². The van der Waals surface area contributed by atoms with Gasteiger partial charge in [-0.25, -0.2) is 4.79 Å². The largest absolute Gasteiger partial charge is 0.457 e. The summed E-state index contributed by atoms with van der Waals surface area (Å²) in [5.41, 5.74) is 0. The number of esters is 1. The van der Waals surface area contributed by atoms with Crippen molar-refractivity contribution in [3.63, 3.8) is 0 Å². The van der Waals surface area contributed by atoms with Crippen molar-refractivity contribution in [2.45, 2.75) is 32.3 Å². The zero-order valence-electron chi connectivity index (χ0n) is 6.43. The van der Waals surface area contributed by atoms with Crippen molar-refractivity contribution < 1.29 is 18.3 Å². The first-order valence-corrected chi connectivity index (χ1v) is 3.59. The van der Waals surface area contributed by atoms with Gasteiger partial charge in [0.25, 0.3) is 0 Å². The second-order valence-electron chi connectivity index (χ2n) is 2.76. The summed E-state index contributed by atoms with van der Waals surface area (Å²) in [7, 11) is 0. The minimum Gasteiger partial charge on any atom is -0.457 e. The molecule has 1 aliphatic rings. The van der Waals surface area contributed by atoms with E-state index in [0.29, 0.717) is 6.42 Å². The standard InChI is InChI=1S/C7H10F2O2/c1-3-5-4(2)7(8,9)6(10)11-5/h4-5H,3H2,1-2H3/t4?,5-/m1/s1. The Hall–Kier alpha value is -0.670. The molecule has 0 aromatic heterocycles. The summed E-state index contributed by atoms with van der Waals surface area (Å²) in [4.78, 5) is 10.5. The molecule has 0 bridgehead atoms. The predicted octanol–water partition coefficient (Wildman–Crippen LogP) is 1.59. The van der Waals surface area contributed by atoms with Crippen LogP contribution in [0.1, 0.15) is 20.3 Å². The maximum absolute atomic E-state index is 12.7. The number of halogens is 2. The molecule has 0 aromatic carbocycles. The zero-order valence-corrected chi connectivity index (χ0v) is 6.43. The van der Waals surface area contributed by atoms with Gasteiger partial charge in [-0.2, -0.15) is 8.78 Å². The van der Waals surface area contributed by atoms with E-state index < -0.39 is 23.9 Å². The van der Waals surface area contributed by atoms with Crippen LogP contribution >= 0.6 is 0 Å². The van der Waals surface area contributed by atoms with Gasteiger partial charge in [-0.1, -0.05) is 13.8 Å². The van der Waals surface area contributed by atoms with Crippen molar-refractivity contribution >= 4 is 5.97 Å². The Morgan fingerprint density at radius 3 is 2.36 bits per heavy atom. The van der Waals surface area contributed by atoms with Gasteiger partial charge in [-0.15, -0.1) is 0 Å². The summed E-state index contributed by atoms with van der Waals surface area (Å²) < 4.78 is 29.8. The van der Waals surface area contributed by atoms with Gasteiger partial charge in [0.1, 0.15) is 6.10 Å². The Balaban J connectivity index is 2.80. The van der Waals surface area contributed by atoms with E-state index in [2.05, 4.69) is 4.74 Å². The summed E-state index contributed by atoms with van der Waals surface area (Å²) in [6, 6.07) is 0. The van der Waals surface area contributed by atoms with Gasteiger partial charge in [0.2, 0.25) is 0 Å². The molecule has 1 fully saturated rings. The minimum atomic E-state index is -3.28. The summed E-state index contributed by atoms with van der Waals surface area (Å²) in [5.74, 6) is -5.64. The number of ether oxygens (including phenoxy) is 1. The molecular formula is C7H10F2O2. The molecule has 1 rings (SSSR count). The molecule has 0 aliphatic carbocycles. The van der Waals surface area contributed by atoms with E-state index in [9.17, 15) is 13.6 Å². The van der Waals surface area contributed by atoms with Crippen molar-refractivity contribution in [3.8, 4) is 0 Å². The Morgan fingerprint density at radius 2 is 2.18 bits per heavy atom. The van der Waals surface area contributed by atoms with Gasteiger partial charge in [-0.05, 0) is 6.42 Å². The van der Waals surface area contributed by atoms with Crippen molar-refractivity contribution in [1.82, 2.24) is 0 Å². The van der Waals surface area contributed by atoms with Crippen LogP contribution in [0.15, 0.2) is 0 Å². The summed E-state index contributed by atoms with van der Waals surface area (Å²) in [6.45, 7) is 3.05. The highest BCUT2D eigenvalue weighted by Crippen LogP contribution is 2.37. The third kappa shape index (κ3) is 1.10. The number of carbonyl (C=O) groups excluding carboxylic acids is 1. The third-order valence-electron chi connectivity index (χ3n) is 2.06. The van der Waals surface area contributed by atoms with Crippen LogP contribution in [0.5, 0.6) is 0 Å². The number of cyclic esters (lactones) is 1. The first-order valence-electron chi connectivity index (χ1n) is 3.59. The zero-order chi connectivity index (χ0) is 8.65. The van der Waals surface area contributed by atoms with Gasteiger partial charge in [0, 0.05) is 0 Å². The van der Waals surface area contributed by atoms with Crippen LogP contribution in [-0.2, 0) is 9.53 Å². The molecule has 0 spiro atoms. The molecule has 0 amide bonds. The molecule has 11 heavy (non-hydrogen) atoms. The maximum Gasteiger partial charge on any atom is 0.377 e. The minimum absolute atomic E-state index is 0.447. The number of alkyl halides is 2. The molecular weight excluding hydrogens is 154 g/mol. The second-order valence-corrected chi connectivity index (χ2v) is 2.76. The fourth-order valence-electron chi connectivity index (χ4n) is 1.17. The smallest absolute Gasteiger partial charge is 0.377 e. The lowest BCUT2D eigenvalue weighted by atomic mass is 9.99. The van der Waals surface area contributed by atoms with E-state index in [0.717, 1.165) is 0 Å². The Morgan fingerprint density at radius 1 is 1.64 bits per heavy atom. The third-order valence-corrected chi connectivity index (χ3v) is 2.06. The summed E-state index contributed by atoms with van der Waals surface area (Å²) in [6.07, 6.45) is -0.167. The quantitative estimate of drug-likeness (QED) is 0.550. The van der Waals surface area contributed by atoms with Gasteiger partial charge in [0.15, 0.2) is 0 Å². The first kappa shape index (κ1) is 8.43. The second kappa shape index (κ2) is 2.43. The molecule has 1 aliphatic heterocycles. The molecule has 1 saturated heterocycles. The first-order chi connectivity index (χ1) is 5.00. The summed E-state index contributed by atoms with van der Waals surface area (Å²) >= 11 is 0. The Labute approximate surface area is 63.5 Å². The van der Waals surface area contributed by atoms with Crippen LogP contribution in [0.25, 0.3) is 0 Å². The van der Waals surface area contributed by atoms with Crippen LogP contribution < -0.4 is 0 Å².